The van der Waals surface area contributed by atoms with E-state index in [9.17, 15) is 4.79 Å². The highest BCUT2D eigenvalue weighted by atomic mass is 16.2. The molecular weight excluding hydrogens is 292 g/mol. The Labute approximate surface area is 138 Å². The second-order valence-electron chi connectivity index (χ2n) is 6.41. The van der Waals surface area contributed by atoms with E-state index in [-0.39, 0.29) is 11.3 Å². The molecule has 1 aliphatic rings. The van der Waals surface area contributed by atoms with Gasteiger partial charge >= 0.3 is 0 Å². The molecule has 1 aromatic heterocycles. The molecule has 0 bridgehead atoms. The fourth-order valence-corrected chi connectivity index (χ4v) is 3.21. The normalized spacial score (nSPS) is 17.1. The van der Waals surface area contributed by atoms with E-state index in [1.165, 1.54) is 0 Å². The minimum atomic E-state index is -0.298. The van der Waals surface area contributed by atoms with Gasteiger partial charge in [0.05, 0.1) is 17.7 Å². The summed E-state index contributed by atoms with van der Waals surface area (Å²) < 4.78 is 1.83. The lowest BCUT2D eigenvalue weighted by Gasteiger charge is -2.31. The molecule has 2 N–H and O–H groups in total. The zero-order valence-corrected chi connectivity index (χ0v) is 14.6. The van der Waals surface area contributed by atoms with Gasteiger partial charge < -0.3 is 15.5 Å². The van der Waals surface area contributed by atoms with Gasteiger partial charge in [-0.15, -0.1) is 0 Å². The maximum atomic E-state index is 12.6. The molecule has 0 spiro atoms. The highest BCUT2D eigenvalue weighted by Crippen LogP contribution is 2.38. The number of aryl methyl sites for hydroxylation is 1. The van der Waals surface area contributed by atoms with Crippen molar-refractivity contribution in [1.29, 1.82) is 0 Å². The molecule has 0 radical (unpaired) electrons. The molecule has 0 saturated heterocycles. The van der Waals surface area contributed by atoms with Crippen LogP contribution in [0.15, 0.2) is 17.3 Å². The third kappa shape index (κ3) is 4.03. The van der Waals surface area contributed by atoms with Gasteiger partial charge in [-0.1, -0.05) is 12.8 Å². The molecule has 7 nitrogen and oxygen atoms in total. The average Bonchev–Trinajstić information content (AvgIpc) is 3.17. The van der Waals surface area contributed by atoms with Gasteiger partial charge in [0.25, 0.3) is 0 Å². The van der Waals surface area contributed by atoms with Crippen molar-refractivity contribution in [2.45, 2.75) is 32.2 Å². The van der Waals surface area contributed by atoms with Crippen LogP contribution in [0.3, 0.4) is 0 Å². The lowest BCUT2D eigenvalue weighted by atomic mass is 9.84. The molecule has 0 unspecified atom stereocenters. The van der Waals surface area contributed by atoms with Crippen molar-refractivity contribution >= 4 is 11.9 Å². The number of guanidine groups is 1. The van der Waals surface area contributed by atoms with Crippen LogP contribution in [-0.4, -0.2) is 54.2 Å². The van der Waals surface area contributed by atoms with E-state index in [2.05, 4.69) is 20.7 Å². The second kappa shape index (κ2) is 7.48. The first-order valence-corrected chi connectivity index (χ1v) is 8.12. The van der Waals surface area contributed by atoms with Gasteiger partial charge in [-0.2, -0.15) is 5.10 Å². The molecule has 1 fully saturated rings. The summed E-state index contributed by atoms with van der Waals surface area (Å²) in [7, 11) is 7.32. The Morgan fingerprint density at radius 1 is 1.39 bits per heavy atom. The van der Waals surface area contributed by atoms with Gasteiger partial charge in [0, 0.05) is 40.9 Å². The maximum absolute atomic E-state index is 12.6. The standard InChI is InChI=1S/C16H28N6O/c1-17-15(18-11-13-7-10-20-22(13)4)19-12-16(8-5-6-9-16)14(23)21(2)3/h7,10H,5-6,8-9,11-12H2,1-4H3,(H2,17,18,19). The molecule has 128 valence electrons. The number of aromatic nitrogens is 2. The third-order valence-electron chi connectivity index (χ3n) is 4.60. The Morgan fingerprint density at radius 2 is 2.09 bits per heavy atom. The zero-order chi connectivity index (χ0) is 16.9. The quantitative estimate of drug-likeness (QED) is 0.620. The van der Waals surface area contributed by atoms with E-state index in [1.807, 2.05) is 31.9 Å². The first kappa shape index (κ1) is 17.3. The van der Waals surface area contributed by atoms with Crippen LogP contribution in [0.1, 0.15) is 31.4 Å². The van der Waals surface area contributed by atoms with E-state index in [0.717, 1.165) is 31.4 Å². The van der Waals surface area contributed by atoms with Gasteiger partial charge in [0.2, 0.25) is 5.91 Å². The van der Waals surface area contributed by atoms with Crippen LogP contribution in [0.2, 0.25) is 0 Å². The Morgan fingerprint density at radius 3 is 2.61 bits per heavy atom. The van der Waals surface area contributed by atoms with Gasteiger partial charge in [0.1, 0.15) is 0 Å². The Hall–Kier alpha value is -2.05. The molecule has 1 heterocycles. The van der Waals surface area contributed by atoms with E-state index < -0.39 is 0 Å². The van der Waals surface area contributed by atoms with Gasteiger partial charge in [-0.05, 0) is 18.9 Å². The summed E-state index contributed by atoms with van der Waals surface area (Å²) in [6.07, 6.45) is 5.88. The summed E-state index contributed by atoms with van der Waals surface area (Å²) in [5.41, 5.74) is 0.779. The molecular formula is C16H28N6O. The van der Waals surface area contributed by atoms with E-state index in [4.69, 9.17) is 0 Å². The van der Waals surface area contributed by atoms with Crippen LogP contribution >= 0.6 is 0 Å². The average molecular weight is 320 g/mol. The topological polar surface area (TPSA) is 74.5 Å². The number of aliphatic imine (C=N–C) groups is 1. The minimum Gasteiger partial charge on any atom is -0.355 e. The largest absolute Gasteiger partial charge is 0.355 e. The fourth-order valence-electron chi connectivity index (χ4n) is 3.21. The monoisotopic (exact) mass is 320 g/mol. The van der Waals surface area contributed by atoms with Crippen molar-refractivity contribution in [1.82, 2.24) is 25.3 Å². The predicted octanol–water partition coefficient (Wildman–Crippen LogP) is 0.734. The number of amides is 1. The fraction of sp³-hybridized carbons (Fsp3) is 0.688. The number of hydrogen-bond donors (Lipinski definition) is 2. The first-order chi connectivity index (χ1) is 11.0. The van der Waals surface area contributed by atoms with Crippen molar-refractivity contribution in [3.05, 3.63) is 18.0 Å². The van der Waals surface area contributed by atoms with Crippen LogP contribution in [0.4, 0.5) is 0 Å². The Kier molecular flexibility index (Phi) is 5.63. The summed E-state index contributed by atoms with van der Waals surface area (Å²) in [6, 6.07) is 1.97. The number of hydrogen-bond acceptors (Lipinski definition) is 3. The molecule has 1 amide bonds. The van der Waals surface area contributed by atoms with E-state index in [1.54, 1.807) is 18.1 Å². The predicted molar refractivity (Wildman–Crippen MR) is 91.0 cm³/mol. The smallest absolute Gasteiger partial charge is 0.230 e. The molecule has 2 rings (SSSR count). The number of nitrogens with zero attached hydrogens (tertiary/aromatic N) is 4. The summed E-state index contributed by atoms with van der Waals surface area (Å²) >= 11 is 0. The van der Waals surface area contributed by atoms with Gasteiger partial charge in [0.15, 0.2) is 5.96 Å². The van der Waals surface area contributed by atoms with E-state index in [0.29, 0.717) is 19.0 Å². The van der Waals surface area contributed by atoms with Crippen LogP contribution in [0.5, 0.6) is 0 Å². The summed E-state index contributed by atoms with van der Waals surface area (Å²) in [6.45, 7) is 1.26. The van der Waals surface area contributed by atoms with Crippen molar-refractivity contribution in [3.8, 4) is 0 Å². The number of carbonyl (C=O) groups is 1. The summed E-state index contributed by atoms with van der Waals surface area (Å²) in [5.74, 6) is 0.925. The summed E-state index contributed by atoms with van der Waals surface area (Å²) in [4.78, 5) is 18.5. The number of carbonyl (C=O) groups excluding carboxylic acids is 1. The Balaban J connectivity index is 1.93. The maximum Gasteiger partial charge on any atom is 0.230 e. The van der Waals surface area contributed by atoms with Crippen LogP contribution in [-0.2, 0) is 18.4 Å². The molecule has 0 atom stereocenters. The summed E-state index contributed by atoms with van der Waals surface area (Å²) in [5, 5.41) is 10.8. The molecule has 1 aromatic rings. The number of rotatable bonds is 5. The third-order valence-corrected chi connectivity index (χ3v) is 4.60. The number of nitrogens with one attached hydrogen (secondary N) is 2. The Bertz CT molecular complexity index is 557. The van der Waals surface area contributed by atoms with Gasteiger partial charge in [-0.25, -0.2) is 0 Å². The molecule has 23 heavy (non-hydrogen) atoms. The van der Waals surface area contributed by atoms with Crippen molar-refractivity contribution < 1.29 is 4.79 Å². The SMILES string of the molecule is CN=C(NCc1ccnn1C)NCC1(C(=O)N(C)C)CCCC1. The van der Waals surface area contributed by atoms with Crippen LogP contribution in [0.25, 0.3) is 0 Å². The molecule has 0 aromatic carbocycles. The minimum absolute atomic E-state index is 0.213. The molecule has 0 aliphatic heterocycles. The zero-order valence-electron chi connectivity index (χ0n) is 14.6. The van der Waals surface area contributed by atoms with Crippen molar-refractivity contribution in [2.75, 3.05) is 27.7 Å². The van der Waals surface area contributed by atoms with Crippen LogP contribution in [0, 0.1) is 5.41 Å². The highest BCUT2D eigenvalue weighted by molar-refractivity contribution is 5.85. The van der Waals surface area contributed by atoms with Crippen LogP contribution < -0.4 is 10.6 Å². The molecule has 1 aliphatic carbocycles. The van der Waals surface area contributed by atoms with Crippen molar-refractivity contribution in [3.63, 3.8) is 0 Å². The molecule has 7 heteroatoms. The van der Waals surface area contributed by atoms with Crippen molar-refractivity contribution in [2.24, 2.45) is 17.5 Å². The van der Waals surface area contributed by atoms with Gasteiger partial charge in [-0.3, -0.25) is 14.5 Å². The first-order valence-electron chi connectivity index (χ1n) is 8.12. The van der Waals surface area contributed by atoms with E-state index >= 15 is 0 Å². The highest BCUT2D eigenvalue weighted by Gasteiger charge is 2.42. The lowest BCUT2D eigenvalue weighted by molar-refractivity contribution is -0.138. The molecule has 1 saturated carbocycles. The lowest BCUT2D eigenvalue weighted by Crippen LogP contribution is -2.49. The second-order valence-corrected chi connectivity index (χ2v) is 6.41.